The van der Waals surface area contributed by atoms with Crippen molar-refractivity contribution in [2.45, 2.75) is 26.3 Å². The lowest BCUT2D eigenvalue weighted by molar-refractivity contribution is -0.135. The van der Waals surface area contributed by atoms with E-state index in [-0.39, 0.29) is 12.5 Å². The first-order chi connectivity index (χ1) is 10.1. The van der Waals surface area contributed by atoms with Gasteiger partial charge in [-0.3, -0.25) is 9.69 Å². The third-order valence-electron chi connectivity index (χ3n) is 4.06. The molecule has 0 N–H and O–H groups in total. The van der Waals surface area contributed by atoms with E-state index in [0.717, 1.165) is 32.6 Å². The van der Waals surface area contributed by atoms with E-state index in [1.165, 1.54) is 0 Å². The minimum atomic E-state index is 0.0498. The summed E-state index contributed by atoms with van der Waals surface area (Å²) in [6, 6.07) is 7.65. The van der Waals surface area contributed by atoms with Gasteiger partial charge in [-0.05, 0) is 37.6 Å². The number of halogens is 1. The predicted molar refractivity (Wildman–Crippen MR) is 84.9 cm³/mol. The summed E-state index contributed by atoms with van der Waals surface area (Å²) in [7, 11) is 0. The Bertz CT molecular complexity index is 456. The largest absolute Gasteiger partial charge is 0.484 e. The van der Waals surface area contributed by atoms with Gasteiger partial charge in [0.2, 0.25) is 0 Å². The fourth-order valence-corrected chi connectivity index (χ4v) is 2.56. The monoisotopic (exact) mass is 310 g/mol. The summed E-state index contributed by atoms with van der Waals surface area (Å²) in [6.45, 7) is 7.98. The van der Waals surface area contributed by atoms with Crippen molar-refractivity contribution in [1.82, 2.24) is 9.80 Å². The first kappa shape index (κ1) is 16.1. The van der Waals surface area contributed by atoms with Crippen LogP contribution in [0.25, 0.3) is 0 Å². The second-order valence-electron chi connectivity index (χ2n) is 5.42. The number of hydrogen-bond acceptors (Lipinski definition) is 3. The lowest BCUT2D eigenvalue weighted by Crippen LogP contribution is -2.52. The third kappa shape index (κ3) is 4.61. The zero-order chi connectivity index (χ0) is 15.2. The summed E-state index contributed by atoms with van der Waals surface area (Å²) >= 11 is 5.81. The zero-order valence-electron chi connectivity index (χ0n) is 12.7. The summed E-state index contributed by atoms with van der Waals surface area (Å²) < 4.78 is 5.51. The van der Waals surface area contributed by atoms with Crippen molar-refractivity contribution in [3.63, 3.8) is 0 Å². The van der Waals surface area contributed by atoms with Crippen LogP contribution in [0.1, 0.15) is 20.3 Å². The number of carbonyl (C=O) groups excluding carboxylic acids is 1. The number of amides is 1. The highest BCUT2D eigenvalue weighted by Crippen LogP contribution is 2.16. The smallest absolute Gasteiger partial charge is 0.260 e. The van der Waals surface area contributed by atoms with Crippen LogP contribution in [0.4, 0.5) is 0 Å². The third-order valence-corrected chi connectivity index (χ3v) is 4.31. The van der Waals surface area contributed by atoms with Gasteiger partial charge in [0.05, 0.1) is 0 Å². The number of ether oxygens (including phenoxy) is 1. The maximum absolute atomic E-state index is 12.1. The topological polar surface area (TPSA) is 32.8 Å². The van der Waals surface area contributed by atoms with Crippen LogP contribution in [-0.2, 0) is 4.79 Å². The lowest BCUT2D eigenvalue weighted by Gasteiger charge is -2.37. The highest BCUT2D eigenvalue weighted by molar-refractivity contribution is 6.30. The van der Waals surface area contributed by atoms with Crippen LogP contribution in [-0.4, -0.2) is 54.5 Å². The molecule has 4 nitrogen and oxygen atoms in total. The first-order valence-electron chi connectivity index (χ1n) is 7.50. The van der Waals surface area contributed by atoms with Crippen LogP contribution >= 0.6 is 11.6 Å². The van der Waals surface area contributed by atoms with Gasteiger partial charge in [-0.1, -0.05) is 18.5 Å². The molecule has 1 saturated heterocycles. The normalized spacial score (nSPS) is 17.6. The Morgan fingerprint density at radius 3 is 2.43 bits per heavy atom. The number of rotatable bonds is 5. The van der Waals surface area contributed by atoms with Crippen LogP contribution in [0.2, 0.25) is 5.02 Å². The van der Waals surface area contributed by atoms with Crippen molar-refractivity contribution >= 4 is 17.5 Å². The van der Waals surface area contributed by atoms with E-state index in [4.69, 9.17) is 16.3 Å². The summed E-state index contributed by atoms with van der Waals surface area (Å²) in [5.74, 6) is 0.722. The molecule has 1 atom stereocenters. The maximum atomic E-state index is 12.1. The van der Waals surface area contributed by atoms with Crippen LogP contribution in [0.3, 0.4) is 0 Å². The number of benzene rings is 1. The Balaban J connectivity index is 1.76. The molecule has 1 amide bonds. The minimum Gasteiger partial charge on any atom is -0.484 e. The summed E-state index contributed by atoms with van der Waals surface area (Å²) in [6.07, 6.45) is 1.15. The van der Waals surface area contributed by atoms with Gasteiger partial charge < -0.3 is 9.64 Å². The van der Waals surface area contributed by atoms with Gasteiger partial charge in [0.1, 0.15) is 5.75 Å². The Morgan fingerprint density at radius 1 is 1.24 bits per heavy atom. The molecule has 1 aromatic carbocycles. The molecular weight excluding hydrogens is 288 g/mol. The fraction of sp³-hybridized carbons (Fsp3) is 0.562. The van der Waals surface area contributed by atoms with Crippen LogP contribution in [0.15, 0.2) is 24.3 Å². The highest BCUT2D eigenvalue weighted by Gasteiger charge is 2.23. The maximum Gasteiger partial charge on any atom is 0.260 e. The number of piperazine rings is 1. The molecule has 5 heteroatoms. The van der Waals surface area contributed by atoms with Gasteiger partial charge in [0.15, 0.2) is 6.61 Å². The number of carbonyl (C=O) groups is 1. The average molecular weight is 311 g/mol. The molecule has 0 spiro atoms. The summed E-state index contributed by atoms with van der Waals surface area (Å²) in [4.78, 5) is 16.5. The Hall–Kier alpha value is -1.26. The van der Waals surface area contributed by atoms with Gasteiger partial charge in [0, 0.05) is 37.2 Å². The molecule has 1 aliphatic heterocycles. The van der Waals surface area contributed by atoms with E-state index in [1.807, 2.05) is 4.90 Å². The van der Waals surface area contributed by atoms with Crippen molar-refractivity contribution in [2.24, 2.45) is 0 Å². The predicted octanol–water partition coefficient (Wildman–Crippen LogP) is 2.66. The fourth-order valence-electron chi connectivity index (χ4n) is 2.44. The van der Waals surface area contributed by atoms with Gasteiger partial charge >= 0.3 is 0 Å². The van der Waals surface area contributed by atoms with Crippen molar-refractivity contribution in [2.75, 3.05) is 32.8 Å². The van der Waals surface area contributed by atoms with Crippen molar-refractivity contribution in [3.8, 4) is 5.75 Å². The molecule has 1 fully saturated rings. The van der Waals surface area contributed by atoms with Crippen LogP contribution < -0.4 is 4.74 Å². The number of hydrogen-bond donors (Lipinski definition) is 0. The molecule has 1 heterocycles. The molecule has 0 saturated carbocycles. The summed E-state index contributed by atoms with van der Waals surface area (Å²) in [5.41, 5.74) is 0. The highest BCUT2D eigenvalue weighted by atomic mass is 35.5. The molecule has 0 aliphatic carbocycles. The second kappa shape index (κ2) is 7.66. The van der Waals surface area contributed by atoms with E-state index >= 15 is 0 Å². The van der Waals surface area contributed by atoms with E-state index < -0.39 is 0 Å². The van der Waals surface area contributed by atoms with Gasteiger partial charge in [-0.25, -0.2) is 0 Å². The van der Waals surface area contributed by atoms with E-state index in [1.54, 1.807) is 24.3 Å². The number of nitrogens with zero attached hydrogens (tertiary/aromatic N) is 2. The molecular formula is C16H23ClN2O2. The first-order valence-corrected chi connectivity index (χ1v) is 7.88. The SMILES string of the molecule is CCC(C)N1CCN(C(=O)COc2ccc(Cl)cc2)CC1. The van der Waals surface area contributed by atoms with Crippen molar-refractivity contribution in [1.29, 1.82) is 0 Å². The van der Waals surface area contributed by atoms with Gasteiger partial charge in [0.25, 0.3) is 5.91 Å². The quantitative estimate of drug-likeness (QED) is 0.838. The molecule has 0 aromatic heterocycles. The molecule has 1 aliphatic rings. The molecule has 0 radical (unpaired) electrons. The van der Waals surface area contributed by atoms with E-state index in [2.05, 4.69) is 18.7 Å². The standard InChI is InChI=1S/C16H23ClN2O2/c1-3-13(2)18-8-10-19(11-9-18)16(20)12-21-15-6-4-14(17)5-7-15/h4-7,13H,3,8-12H2,1-2H3. The van der Waals surface area contributed by atoms with Crippen LogP contribution in [0, 0.1) is 0 Å². The Morgan fingerprint density at radius 2 is 1.86 bits per heavy atom. The zero-order valence-corrected chi connectivity index (χ0v) is 13.5. The molecule has 116 valence electrons. The average Bonchev–Trinajstić information content (AvgIpc) is 2.53. The molecule has 2 rings (SSSR count). The Kier molecular flexibility index (Phi) is 5.88. The van der Waals surface area contributed by atoms with Crippen LogP contribution in [0.5, 0.6) is 5.75 Å². The van der Waals surface area contributed by atoms with Gasteiger partial charge in [-0.15, -0.1) is 0 Å². The van der Waals surface area contributed by atoms with E-state index in [9.17, 15) is 4.79 Å². The molecule has 21 heavy (non-hydrogen) atoms. The molecule has 1 aromatic rings. The van der Waals surface area contributed by atoms with Gasteiger partial charge in [-0.2, -0.15) is 0 Å². The minimum absolute atomic E-state index is 0.0498. The van der Waals surface area contributed by atoms with Crippen molar-refractivity contribution < 1.29 is 9.53 Å². The van der Waals surface area contributed by atoms with E-state index in [0.29, 0.717) is 16.8 Å². The Labute approximate surface area is 131 Å². The molecule has 1 unspecified atom stereocenters. The lowest BCUT2D eigenvalue weighted by atomic mass is 10.2. The second-order valence-corrected chi connectivity index (χ2v) is 5.85. The molecule has 0 bridgehead atoms. The summed E-state index contributed by atoms with van der Waals surface area (Å²) in [5, 5.41) is 0.662. The van der Waals surface area contributed by atoms with Crippen molar-refractivity contribution in [3.05, 3.63) is 29.3 Å².